The molecule has 2 atom stereocenters. The van der Waals surface area contributed by atoms with Crippen LogP contribution in [0.5, 0.6) is 5.75 Å². The summed E-state index contributed by atoms with van der Waals surface area (Å²) in [5.74, 6) is 0.671. The first kappa shape index (κ1) is 17.8. The second-order valence-corrected chi connectivity index (χ2v) is 7.57. The summed E-state index contributed by atoms with van der Waals surface area (Å²) >= 11 is 0. The van der Waals surface area contributed by atoms with Gasteiger partial charge in [-0.15, -0.1) is 0 Å². The van der Waals surface area contributed by atoms with Gasteiger partial charge in [0.25, 0.3) is 5.91 Å². The van der Waals surface area contributed by atoms with Crippen LogP contribution in [0.4, 0.5) is 10.5 Å². The molecule has 144 valence electrons. The Morgan fingerprint density at radius 2 is 1.81 bits per heavy atom. The smallest absolute Gasteiger partial charge is 0.332 e. The van der Waals surface area contributed by atoms with Crippen LogP contribution in [-0.4, -0.2) is 48.5 Å². The molecule has 1 saturated carbocycles. The van der Waals surface area contributed by atoms with Crippen molar-refractivity contribution in [3.8, 4) is 5.75 Å². The first-order chi connectivity index (χ1) is 13.1. The zero-order valence-corrected chi connectivity index (χ0v) is 15.5. The van der Waals surface area contributed by atoms with Crippen molar-refractivity contribution in [1.29, 1.82) is 0 Å². The number of rotatable bonds is 4. The van der Waals surface area contributed by atoms with Crippen LogP contribution >= 0.6 is 0 Å². The molecule has 0 aromatic heterocycles. The number of urea groups is 1. The zero-order chi connectivity index (χ0) is 19.0. The highest BCUT2D eigenvalue weighted by atomic mass is 16.5. The lowest BCUT2D eigenvalue weighted by Gasteiger charge is -2.33. The number of methoxy groups -OCH3 is 1. The monoisotopic (exact) mass is 371 g/mol. The fraction of sp³-hybridized carbons (Fsp3) is 0.550. The van der Waals surface area contributed by atoms with Crippen molar-refractivity contribution >= 4 is 23.5 Å². The lowest BCUT2D eigenvalue weighted by Crippen LogP contribution is -2.50. The van der Waals surface area contributed by atoms with Crippen molar-refractivity contribution in [3.63, 3.8) is 0 Å². The fourth-order valence-electron chi connectivity index (χ4n) is 4.41. The van der Waals surface area contributed by atoms with Gasteiger partial charge in [0, 0.05) is 18.5 Å². The third kappa shape index (κ3) is 3.26. The average Bonchev–Trinajstić information content (AvgIpc) is 3.30. The van der Waals surface area contributed by atoms with Gasteiger partial charge in [0.05, 0.1) is 12.8 Å². The molecule has 7 heteroatoms. The number of ether oxygens (including phenoxy) is 1. The molecule has 2 unspecified atom stereocenters. The van der Waals surface area contributed by atoms with E-state index in [0.29, 0.717) is 30.8 Å². The Bertz CT molecular complexity index is 742. The van der Waals surface area contributed by atoms with Crippen molar-refractivity contribution in [1.82, 2.24) is 10.2 Å². The first-order valence-corrected chi connectivity index (χ1v) is 9.67. The van der Waals surface area contributed by atoms with Gasteiger partial charge in [-0.2, -0.15) is 0 Å². The van der Waals surface area contributed by atoms with Gasteiger partial charge < -0.3 is 15.0 Å². The van der Waals surface area contributed by atoms with Crippen LogP contribution in [0.2, 0.25) is 0 Å². The maximum Gasteiger partial charge on any atom is 0.332 e. The molecule has 1 N–H and O–H groups in total. The summed E-state index contributed by atoms with van der Waals surface area (Å²) in [7, 11) is 1.57. The van der Waals surface area contributed by atoms with Crippen molar-refractivity contribution < 1.29 is 19.1 Å². The molecule has 1 aliphatic carbocycles. The lowest BCUT2D eigenvalue weighted by molar-refractivity contribution is -0.127. The number of carbonyl (C=O) groups is 3. The fourth-order valence-corrected chi connectivity index (χ4v) is 4.41. The van der Waals surface area contributed by atoms with Gasteiger partial charge in [-0.1, -0.05) is 12.8 Å². The second-order valence-electron chi connectivity index (χ2n) is 7.57. The van der Waals surface area contributed by atoms with Crippen LogP contribution in [-0.2, 0) is 9.59 Å². The SMILES string of the molecule is COc1ccc(N2C(=O)C3CC(NC(=O)C4CCCC4)CCN3C2=O)cc1. The summed E-state index contributed by atoms with van der Waals surface area (Å²) in [4.78, 5) is 40.9. The Kier molecular flexibility index (Phi) is 4.76. The predicted molar refractivity (Wildman–Crippen MR) is 99.5 cm³/mol. The van der Waals surface area contributed by atoms with E-state index in [2.05, 4.69) is 5.32 Å². The summed E-state index contributed by atoms with van der Waals surface area (Å²) in [5, 5.41) is 3.11. The largest absolute Gasteiger partial charge is 0.497 e. The van der Waals surface area contributed by atoms with E-state index < -0.39 is 6.04 Å². The van der Waals surface area contributed by atoms with E-state index in [0.717, 1.165) is 25.7 Å². The number of hydrogen-bond donors (Lipinski definition) is 1. The maximum atomic E-state index is 12.9. The van der Waals surface area contributed by atoms with Crippen molar-refractivity contribution in [3.05, 3.63) is 24.3 Å². The second kappa shape index (κ2) is 7.21. The highest BCUT2D eigenvalue weighted by Gasteiger charge is 2.48. The molecule has 2 aliphatic heterocycles. The zero-order valence-electron chi connectivity index (χ0n) is 15.5. The Morgan fingerprint density at radius 1 is 1.11 bits per heavy atom. The molecule has 0 bridgehead atoms. The number of fused-ring (bicyclic) bond motifs is 1. The van der Waals surface area contributed by atoms with Crippen molar-refractivity contribution in [2.75, 3.05) is 18.6 Å². The number of hydrogen-bond acceptors (Lipinski definition) is 4. The molecular weight excluding hydrogens is 346 g/mol. The average molecular weight is 371 g/mol. The molecule has 2 heterocycles. The number of imide groups is 1. The Labute approximate surface area is 158 Å². The topological polar surface area (TPSA) is 79.0 Å². The molecule has 0 radical (unpaired) electrons. The minimum absolute atomic E-state index is 0.0492. The number of carbonyl (C=O) groups excluding carboxylic acids is 3. The Morgan fingerprint density at radius 3 is 2.48 bits per heavy atom. The molecule has 2 saturated heterocycles. The molecule has 0 spiro atoms. The summed E-state index contributed by atoms with van der Waals surface area (Å²) in [6.45, 7) is 0.484. The molecule has 4 amide bonds. The summed E-state index contributed by atoms with van der Waals surface area (Å²) < 4.78 is 5.13. The Hall–Kier alpha value is -2.57. The number of piperidine rings is 1. The van der Waals surface area contributed by atoms with Crippen LogP contribution in [0.1, 0.15) is 38.5 Å². The van der Waals surface area contributed by atoms with E-state index in [1.807, 2.05) is 0 Å². The van der Waals surface area contributed by atoms with Gasteiger partial charge in [-0.25, -0.2) is 9.69 Å². The molecule has 4 rings (SSSR count). The normalized spacial score (nSPS) is 25.7. The van der Waals surface area contributed by atoms with E-state index in [-0.39, 0.29) is 29.8 Å². The molecule has 1 aromatic carbocycles. The lowest BCUT2D eigenvalue weighted by atomic mass is 9.96. The number of amides is 4. The third-order valence-corrected chi connectivity index (χ3v) is 5.95. The van der Waals surface area contributed by atoms with Crippen molar-refractivity contribution in [2.45, 2.75) is 50.6 Å². The highest BCUT2D eigenvalue weighted by molar-refractivity contribution is 6.21. The number of anilines is 1. The first-order valence-electron chi connectivity index (χ1n) is 9.67. The number of benzene rings is 1. The quantitative estimate of drug-likeness (QED) is 0.824. The van der Waals surface area contributed by atoms with Crippen molar-refractivity contribution in [2.24, 2.45) is 5.92 Å². The van der Waals surface area contributed by atoms with Gasteiger partial charge in [-0.3, -0.25) is 9.59 Å². The van der Waals surface area contributed by atoms with Gasteiger partial charge in [-0.05, 0) is 49.9 Å². The van der Waals surface area contributed by atoms with Gasteiger partial charge >= 0.3 is 6.03 Å². The van der Waals surface area contributed by atoms with Crippen LogP contribution in [0.15, 0.2) is 24.3 Å². The minimum Gasteiger partial charge on any atom is -0.497 e. The predicted octanol–water partition coefficient (Wildman–Crippen LogP) is 2.30. The summed E-state index contributed by atoms with van der Waals surface area (Å²) in [5.41, 5.74) is 0.548. The van der Waals surface area contributed by atoms with E-state index in [1.165, 1.54) is 4.90 Å². The van der Waals surface area contributed by atoms with Crippen LogP contribution in [0.3, 0.4) is 0 Å². The minimum atomic E-state index is -0.498. The maximum absolute atomic E-state index is 12.9. The van der Waals surface area contributed by atoms with E-state index >= 15 is 0 Å². The van der Waals surface area contributed by atoms with E-state index in [1.54, 1.807) is 36.3 Å². The summed E-state index contributed by atoms with van der Waals surface area (Å²) in [6.07, 6.45) is 5.31. The van der Waals surface area contributed by atoms with Gasteiger partial charge in [0.2, 0.25) is 5.91 Å². The molecule has 27 heavy (non-hydrogen) atoms. The van der Waals surface area contributed by atoms with Gasteiger partial charge in [0.1, 0.15) is 11.8 Å². The standard InChI is InChI=1S/C20H25N3O4/c1-27-16-8-6-15(7-9-16)23-19(25)17-12-14(10-11-22(17)20(23)26)21-18(24)13-4-2-3-5-13/h6-9,13-14,17H,2-5,10-12H2,1H3,(H,21,24). The molecular formula is C20H25N3O4. The van der Waals surface area contributed by atoms with Gasteiger partial charge in [0.15, 0.2) is 0 Å². The highest BCUT2D eigenvalue weighted by Crippen LogP contribution is 2.32. The molecule has 1 aromatic rings. The molecule has 3 aliphatic rings. The summed E-state index contributed by atoms with van der Waals surface area (Å²) in [6, 6.07) is 6.07. The van der Waals surface area contributed by atoms with Crippen LogP contribution < -0.4 is 15.0 Å². The molecule has 7 nitrogen and oxygen atoms in total. The molecule has 3 fully saturated rings. The number of nitrogens with one attached hydrogen (secondary N) is 1. The van der Waals surface area contributed by atoms with E-state index in [4.69, 9.17) is 4.74 Å². The number of nitrogens with zero attached hydrogens (tertiary/aromatic N) is 2. The van der Waals surface area contributed by atoms with E-state index in [9.17, 15) is 14.4 Å². The van der Waals surface area contributed by atoms with Crippen LogP contribution in [0, 0.1) is 5.92 Å². The van der Waals surface area contributed by atoms with Crippen LogP contribution in [0.25, 0.3) is 0 Å². The Balaban J connectivity index is 1.44. The third-order valence-electron chi connectivity index (χ3n) is 5.95.